The second kappa shape index (κ2) is 7.82. The zero-order chi connectivity index (χ0) is 16.0. The summed E-state index contributed by atoms with van der Waals surface area (Å²) >= 11 is 1.74. The van der Waals surface area contributed by atoms with Gasteiger partial charge in [0.2, 0.25) is 0 Å². The molecule has 1 unspecified atom stereocenters. The number of rotatable bonds is 7. The van der Waals surface area contributed by atoms with Crippen LogP contribution in [-0.4, -0.2) is 28.4 Å². The van der Waals surface area contributed by atoms with Crippen LogP contribution in [0.5, 0.6) is 0 Å². The molecule has 0 saturated heterocycles. The van der Waals surface area contributed by atoms with E-state index < -0.39 is 22.3 Å². The summed E-state index contributed by atoms with van der Waals surface area (Å²) in [6, 6.07) is 1.53. The molecule has 0 aliphatic carbocycles. The SMILES string of the molecule is CCSCCC(C)NC(=O)c1cc(N)c(F)cc1[N+](=O)[O-]. The number of nitrogens with zero attached hydrogens (tertiary/aromatic N) is 1. The Labute approximate surface area is 126 Å². The van der Waals surface area contributed by atoms with Gasteiger partial charge in [-0.1, -0.05) is 6.92 Å². The van der Waals surface area contributed by atoms with Crippen LogP contribution < -0.4 is 11.1 Å². The summed E-state index contributed by atoms with van der Waals surface area (Å²) in [7, 11) is 0. The van der Waals surface area contributed by atoms with Crippen molar-refractivity contribution >= 4 is 29.0 Å². The van der Waals surface area contributed by atoms with Crippen molar-refractivity contribution in [3.8, 4) is 0 Å². The summed E-state index contributed by atoms with van der Waals surface area (Å²) in [5, 5.41) is 13.6. The Morgan fingerprint density at radius 1 is 1.57 bits per heavy atom. The van der Waals surface area contributed by atoms with Gasteiger partial charge in [0.1, 0.15) is 5.56 Å². The van der Waals surface area contributed by atoms with E-state index >= 15 is 0 Å². The first-order valence-corrected chi connectivity index (χ1v) is 7.64. The first-order chi connectivity index (χ1) is 9.86. The molecule has 3 N–H and O–H groups in total. The largest absolute Gasteiger partial charge is 0.396 e. The van der Waals surface area contributed by atoms with Gasteiger partial charge in [0.25, 0.3) is 11.6 Å². The van der Waals surface area contributed by atoms with Gasteiger partial charge < -0.3 is 11.1 Å². The third kappa shape index (κ3) is 4.89. The third-order valence-corrected chi connectivity index (χ3v) is 3.77. The van der Waals surface area contributed by atoms with E-state index in [0.717, 1.165) is 24.0 Å². The molecule has 0 spiro atoms. The summed E-state index contributed by atoms with van der Waals surface area (Å²) in [6.45, 7) is 3.85. The smallest absolute Gasteiger partial charge is 0.285 e. The van der Waals surface area contributed by atoms with E-state index in [1.807, 2.05) is 13.8 Å². The molecular weight excluding hydrogens is 297 g/mol. The average molecular weight is 315 g/mol. The van der Waals surface area contributed by atoms with Crippen LogP contribution in [0.2, 0.25) is 0 Å². The molecule has 21 heavy (non-hydrogen) atoms. The third-order valence-electron chi connectivity index (χ3n) is 2.83. The van der Waals surface area contributed by atoms with E-state index in [-0.39, 0.29) is 17.3 Å². The summed E-state index contributed by atoms with van der Waals surface area (Å²) in [6.07, 6.45) is 0.745. The Balaban J connectivity index is 2.86. The van der Waals surface area contributed by atoms with Gasteiger partial charge in [-0.15, -0.1) is 0 Å². The number of halogens is 1. The van der Waals surface area contributed by atoms with Crippen LogP contribution in [0.1, 0.15) is 30.6 Å². The second-order valence-corrected chi connectivity index (χ2v) is 5.90. The molecule has 1 aromatic carbocycles. The number of amides is 1. The number of nitro groups is 1. The average Bonchev–Trinajstić information content (AvgIpc) is 2.41. The Hall–Kier alpha value is -1.83. The van der Waals surface area contributed by atoms with Crippen molar-refractivity contribution in [3.05, 3.63) is 33.6 Å². The first-order valence-electron chi connectivity index (χ1n) is 6.48. The zero-order valence-corrected chi connectivity index (χ0v) is 12.7. The molecule has 1 rings (SSSR count). The van der Waals surface area contributed by atoms with Gasteiger partial charge in [-0.05, 0) is 30.9 Å². The van der Waals surface area contributed by atoms with E-state index in [0.29, 0.717) is 6.07 Å². The molecular formula is C13H18FN3O3S. The summed E-state index contributed by atoms with van der Waals surface area (Å²) < 4.78 is 13.3. The normalized spacial score (nSPS) is 12.0. The molecule has 0 radical (unpaired) electrons. The Morgan fingerprint density at radius 2 is 2.24 bits per heavy atom. The molecule has 0 heterocycles. The number of anilines is 1. The van der Waals surface area contributed by atoms with Crippen LogP contribution in [-0.2, 0) is 0 Å². The minimum Gasteiger partial charge on any atom is -0.396 e. The van der Waals surface area contributed by atoms with Crippen LogP contribution in [0, 0.1) is 15.9 Å². The summed E-state index contributed by atoms with van der Waals surface area (Å²) in [5.74, 6) is 0.333. The number of nitrogens with two attached hydrogens (primary N) is 1. The van der Waals surface area contributed by atoms with Crippen molar-refractivity contribution in [1.82, 2.24) is 5.32 Å². The fourth-order valence-corrected chi connectivity index (χ4v) is 2.50. The highest BCUT2D eigenvalue weighted by Gasteiger charge is 2.23. The van der Waals surface area contributed by atoms with Crippen LogP contribution >= 0.6 is 11.8 Å². The second-order valence-electron chi connectivity index (χ2n) is 4.51. The molecule has 0 aliphatic rings. The minimum atomic E-state index is -0.911. The highest BCUT2D eigenvalue weighted by atomic mass is 32.2. The molecule has 0 aromatic heterocycles. The molecule has 1 aromatic rings. The maximum absolute atomic E-state index is 13.3. The number of nitro benzene ring substituents is 1. The summed E-state index contributed by atoms with van der Waals surface area (Å²) in [4.78, 5) is 22.2. The number of carbonyl (C=O) groups excluding carboxylic acids is 1. The fourth-order valence-electron chi connectivity index (χ4n) is 1.69. The number of thioether (sulfide) groups is 1. The first kappa shape index (κ1) is 17.2. The lowest BCUT2D eigenvalue weighted by Gasteiger charge is -2.14. The van der Waals surface area contributed by atoms with Crippen molar-refractivity contribution in [1.29, 1.82) is 0 Å². The van der Waals surface area contributed by atoms with E-state index in [4.69, 9.17) is 5.73 Å². The Morgan fingerprint density at radius 3 is 2.81 bits per heavy atom. The van der Waals surface area contributed by atoms with Crippen molar-refractivity contribution in [2.75, 3.05) is 17.2 Å². The molecule has 1 amide bonds. The molecule has 116 valence electrons. The van der Waals surface area contributed by atoms with Gasteiger partial charge >= 0.3 is 0 Å². The monoisotopic (exact) mass is 315 g/mol. The maximum Gasteiger partial charge on any atom is 0.285 e. The Bertz CT molecular complexity index is 540. The molecule has 0 fully saturated rings. The van der Waals surface area contributed by atoms with E-state index in [9.17, 15) is 19.3 Å². The molecule has 1 atom stereocenters. The van der Waals surface area contributed by atoms with Gasteiger partial charge in [-0.25, -0.2) is 4.39 Å². The van der Waals surface area contributed by atoms with Gasteiger partial charge in [-0.3, -0.25) is 14.9 Å². The summed E-state index contributed by atoms with van der Waals surface area (Å²) in [5.41, 5.74) is 4.27. The number of nitrogens with one attached hydrogen (secondary N) is 1. The van der Waals surface area contributed by atoms with Gasteiger partial charge in [0.15, 0.2) is 5.82 Å². The standard InChI is InChI=1S/C13H18FN3O3S/c1-3-21-5-4-8(2)16-13(18)9-6-11(15)10(14)7-12(9)17(19)20/h6-8H,3-5,15H2,1-2H3,(H,16,18). The number of benzene rings is 1. The van der Waals surface area contributed by atoms with Crippen molar-refractivity contribution in [2.45, 2.75) is 26.3 Å². The lowest BCUT2D eigenvalue weighted by atomic mass is 10.1. The van der Waals surface area contributed by atoms with Crippen LogP contribution in [0.15, 0.2) is 12.1 Å². The fraction of sp³-hybridized carbons (Fsp3) is 0.462. The van der Waals surface area contributed by atoms with Crippen LogP contribution in [0.3, 0.4) is 0 Å². The Kier molecular flexibility index (Phi) is 6.41. The van der Waals surface area contributed by atoms with Crippen molar-refractivity contribution < 1.29 is 14.1 Å². The number of nitrogen functional groups attached to an aromatic ring is 1. The lowest BCUT2D eigenvalue weighted by molar-refractivity contribution is -0.385. The number of carbonyl (C=O) groups is 1. The predicted molar refractivity (Wildman–Crippen MR) is 82.0 cm³/mol. The van der Waals surface area contributed by atoms with Crippen LogP contribution in [0.4, 0.5) is 15.8 Å². The van der Waals surface area contributed by atoms with E-state index in [1.54, 1.807) is 11.8 Å². The van der Waals surface area contributed by atoms with E-state index in [2.05, 4.69) is 5.32 Å². The van der Waals surface area contributed by atoms with Crippen molar-refractivity contribution in [3.63, 3.8) is 0 Å². The molecule has 8 heteroatoms. The quantitative estimate of drug-likeness (QED) is 0.349. The predicted octanol–water partition coefficient (Wildman–Crippen LogP) is 2.58. The van der Waals surface area contributed by atoms with Gasteiger partial charge in [-0.2, -0.15) is 11.8 Å². The maximum atomic E-state index is 13.3. The molecule has 0 bridgehead atoms. The molecule has 0 aliphatic heterocycles. The molecule has 6 nitrogen and oxygen atoms in total. The number of hydrogen-bond donors (Lipinski definition) is 2. The topological polar surface area (TPSA) is 98.3 Å². The van der Waals surface area contributed by atoms with E-state index in [1.165, 1.54) is 0 Å². The minimum absolute atomic E-state index is 0.137. The van der Waals surface area contributed by atoms with Gasteiger partial charge in [0, 0.05) is 6.04 Å². The van der Waals surface area contributed by atoms with Crippen molar-refractivity contribution in [2.24, 2.45) is 0 Å². The highest BCUT2D eigenvalue weighted by Crippen LogP contribution is 2.24. The van der Waals surface area contributed by atoms with Crippen LogP contribution in [0.25, 0.3) is 0 Å². The molecule has 0 saturated carbocycles. The lowest BCUT2D eigenvalue weighted by Crippen LogP contribution is -2.33. The number of hydrogen-bond acceptors (Lipinski definition) is 5. The van der Waals surface area contributed by atoms with Gasteiger partial charge in [0.05, 0.1) is 16.7 Å². The highest BCUT2D eigenvalue weighted by molar-refractivity contribution is 7.99. The zero-order valence-electron chi connectivity index (χ0n) is 11.9.